The van der Waals surface area contributed by atoms with Crippen molar-refractivity contribution in [3.05, 3.63) is 28.8 Å². The highest BCUT2D eigenvalue weighted by Crippen LogP contribution is 2.25. The lowest BCUT2D eigenvalue weighted by Gasteiger charge is -2.11. The van der Waals surface area contributed by atoms with E-state index in [1.165, 1.54) is 16.7 Å². The van der Waals surface area contributed by atoms with E-state index in [2.05, 4.69) is 44.7 Å². The van der Waals surface area contributed by atoms with Crippen LogP contribution in [-0.4, -0.2) is 7.11 Å². The second-order valence-electron chi connectivity index (χ2n) is 3.98. The molecule has 1 rings (SSSR count). The fourth-order valence-corrected chi connectivity index (χ4v) is 1.93. The Bertz CT molecular complexity index is 407. The molecule has 0 aliphatic carbocycles. The van der Waals surface area contributed by atoms with Crippen LogP contribution in [0.4, 0.5) is 0 Å². The number of aryl methyl sites for hydroxylation is 3. The van der Waals surface area contributed by atoms with Gasteiger partial charge < -0.3 is 4.74 Å². The van der Waals surface area contributed by atoms with Crippen molar-refractivity contribution in [1.29, 1.82) is 0 Å². The van der Waals surface area contributed by atoms with Crippen molar-refractivity contribution in [2.24, 2.45) is 0 Å². The van der Waals surface area contributed by atoms with Gasteiger partial charge in [0, 0.05) is 12.8 Å². The van der Waals surface area contributed by atoms with Gasteiger partial charge in [-0.25, -0.2) is 0 Å². The quantitative estimate of drug-likeness (QED) is 0.701. The number of hydrogen-bond acceptors (Lipinski definition) is 1. The molecule has 1 nitrogen and oxygen atoms in total. The summed E-state index contributed by atoms with van der Waals surface area (Å²) in [6.07, 6.45) is 2.82. The molecule has 1 aromatic rings. The van der Waals surface area contributed by atoms with Gasteiger partial charge in [-0.15, -0.1) is 11.8 Å². The van der Waals surface area contributed by atoms with Crippen LogP contribution in [0.1, 0.15) is 36.5 Å². The van der Waals surface area contributed by atoms with Crippen molar-refractivity contribution in [2.45, 2.75) is 40.0 Å². The Morgan fingerprint density at radius 1 is 1.19 bits per heavy atom. The van der Waals surface area contributed by atoms with Crippen molar-refractivity contribution in [2.75, 3.05) is 7.11 Å². The highest BCUT2D eigenvalue weighted by atomic mass is 16.5. The van der Waals surface area contributed by atoms with Crippen molar-refractivity contribution < 1.29 is 4.74 Å². The molecule has 0 atom stereocenters. The number of hydrogen-bond donors (Lipinski definition) is 0. The van der Waals surface area contributed by atoms with Crippen molar-refractivity contribution in [1.82, 2.24) is 0 Å². The van der Waals surface area contributed by atoms with Crippen LogP contribution in [0.25, 0.3) is 0 Å². The minimum atomic E-state index is 0.910. The summed E-state index contributed by atoms with van der Waals surface area (Å²) in [6.45, 7) is 6.28. The Hall–Kier alpha value is -1.42. The fraction of sp³-hybridized carbons (Fsp3) is 0.467. The first-order chi connectivity index (χ1) is 7.69. The van der Waals surface area contributed by atoms with Crippen LogP contribution in [0.3, 0.4) is 0 Å². The first-order valence-corrected chi connectivity index (χ1v) is 5.78. The number of rotatable bonds is 3. The predicted molar refractivity (Wildman–Crippen MR) is 68.9 cm³/mol. The molecule has 0 aliphatic heterocycles. The van der Waals surface area contributed by atoms with Crippen LogP contribution in [0.2, 0.25) is 0 Å². The molecule has 86 valence electrons. The molecule has 0 unspecified atom stereocenters. The Kier molecular flexibility index (Phi) is 4.92. The van der Waals surface area contributed by atoms with E-state index in [1.807, 2.05) is 0 Å². The second-order valence-corrected chi connectivity index (χ2v) is 3.98. The predicted octanol–water partition coefficient (Wildman–Crippen LogP) is 3.66. The molecular formula is C15H20O. The third-order valence-corrected chi connectivity index (χ3v) is 2.52. The zero-order valence-corrected chi connectivity index (χ0v) is 10.7. The van der Waals surface area contributed by atoms with E-state index >= 15 is 0 Å². The summed E-state index contributed by atoms with van der Waals surface area (Å²) < 4.78 is 5.44. The summed E-state index contributed by atoms with van der Waals surface area (Å²) >= 11 is 0. The van der Waals surface area contributed by atoms with Crippen molar-refractivity contribution in [3.63, 3.8) is 0 Å². The summed E-state index contributed by atoms with van der Waals surface area (Å²) in [5.41, 5.74) is 3.77. The number of methoxy groups -OCH3 is 1. The Labute approximate surface area is 98.8 Å². The average molecular weight is 216 g/mol. The molecule has 0 radical (unpaired) electrons. The van der Waals surface area contributed by atoms with E-state index in [0.29, 0.717) is 0 Å². The Morgan fingerprint density at radius 3 is 2.56 bits per heavy atom. The van der Waals surface area contributed by atoms with Crippen molar-refractivity contribution >= 4 is 0 Å². The molecule has 0 aliphatic rings. The van der Waals surface area contributed by atoms with E-state index in [9.17, 15) is 0 Å². The van der Waals surface area contributed by atoms with E-state index in [-0.39, 0.29) is 0 Å². The molecule has 0 N–H and O–H groups in total. The summed E-state index contributed by atoms with van der Waals surface area (Å²) in [5.74, 6) is 7.28. The molecule has 0 saturated carbocycles. The van der Waals surface area contributed by atoms with Crippen LogP contribution in [0, 0.1) is 25.7 Å². The summed E-state index contributed by atoms with van der Waals surface area (Å²) in [7, 11) is 1.74. The molecule has 0 bridgehead atoms. The third kappa shape index (κ3) is 3.31. The van der Waals surface area contributed by atoms with E-state index < -0.39 is 0 Å². The monoisotopic (exact) mass is 216 g/mol. The van der Waals surface area contributed by atoms with Gasteiger partial charge in [0.2, 0.25) is 0 Å². The van der Waals surface area contributed by atoms with E-state index in [0.717, 1.165) is 25.0 Å². The molecule has 0 heterocycles. The molecule has 1 heteroatoms. The molecule has 0 saturated heterocycles. The topological polar surface area (TPSA) is 9.23 Å². The van der Waals surface area contributed by atoms with Gasteiger partial charge in [-0.05, 0) is 31.4 Å². The lowest BCUT2D eigenvalue weighted by atomic mass is 10.0. The zero-order chi connectivity index (χ0) is 12.0. The van der Waals surface area contributed by atoms with Crippen LogP contribution in [-0.2, 0) is 6.42 Å². The molecule has 1 aromatic carbocycles. The summed E-state index contributed by atoms with van der Waals surface area (Å²) in [5, 5.41) is 0. The summed E-state index contributed by atoms with van der Waals surface area (Å²) in [4.78, 5) is 0. The third-order valence-electron chi connectivity index (χ3n) is 2.52. The fourth-order valence-electron chi connectivity index (χ4n) is 1.93. The standard InChI is InChI=1S/C15H20O/c1-5-6-7-8-9-14-11-12(2)10-13(3)15(14)16-4/h10-11H,5,8-9H2,1-4H3. The first-order valence-electron chi connectivity index (χ1n) is 5.78. The van der Waals surface area contributed by atoms with Crippen LogP contribution < -0.4 is 4.74 Å². The minimum Gasteiger partial charge on any atom is -0.496 e. The van der Waals surface area contributed by atoms with Gasteiger partial charge in [-0.3, -0.25) is 0 Å². The summed E-state index contributed by atoms with van der Waals surface area (Å²) in [6, 6.07) is 4.35. The molecule has 16 heavy (non-hydrogen) atoms. The molecule has 0 fully saturated rings. The van der Waals surface area contributed by atoms with Gasteiger partial charge in [0.15, 0.2) is 0 Å². The minimum absolute atomic E-state index is 0.910. The molecule has 0 amide bonds. The number of ether oxygens (including phenoxy) is 1. The van der Waals surface area contributed by atoms with Crippen LogP contribution in [0.15, 0.2) is 12.1 Å². The van der Waals surface area contributed by atoms with Gasteiger partial charge in [0.1, 0.15) is 5.75 Å². The largest absolute Gasteiger partial charge is 0.496 e. The van der Waals surface area contributed by atoms with Crippen LogP contribution in [0.5, 0.6) is 5.75 Å². The SMILES string of the molecule is CCC#CCCc1cc(C)cc(C)c1OC. The Balaban J connectivity index is 2.85. The highest BCUT2D eigenvalue weighted by Gasteiger charge is 2.06. The maximum Gasteiger partial charge on any atom is 0.125 e. The van der Waals surface area contributed by atoms with Gasteiger partial charge in [-0.2, -0.15) is 0 Å². The maximum atomic E-state index is 5.44. The average Bonchev–Trinajstić information content (AvgIpc) is 2.24. The normalized spacial score (nSPS) is 9.50. The van der Waals surface area contributed by atoms with Gasteiger partial charge in [0.25, 0.3) is 0 Å². The van der Waals surface area contributed by atoms with E-state index in [4.69, 9.17) is 4.74 Å². The number of benzene rings is 1. The van der Waals surface area contributed by atoms with E-state index in [1.54, 1.807) is 7.11 Å². The smallest absolute Gasteiger partial charge is 0.125 e. The lowest BCUT2D eigenvalue weighted by Crippen LogP contribution is -1.96. The lowest BCUT2D eigenvalue weighted by molar-refractivity contribution is 0.406. The van der Waals surface area contributed by atoms with Crippen molar-refractivity contribution in [3.8, 4) is 17.6 Å². The zero-order valence-electron chi connectivity index (χ0n) is 10.7. The highest BCUT2D eigenvalue weighted by molar-refractivity contribution is 5.44. The van der Waals surface area contributed by atoms with Gasteiger partial charge in [-0.1, -0.05) is 24.6 Å². The maximum absolute atomic E-state index is 5.44. The Morgan fingerprint density at radius 2 is 1.94 bits per heavy atom. The van der Waals surface area contributed by atoms with Gasteiger partial charge >= 0.3 is 0 Å². The second kappa shape index (κ2) is 6.23. The first kappa shape index (κ1) is 12.6. The van der Waals surface area contributed by atoms with Gasteiger partial charge in [0.05, 0.1) is 7.11 Å². The van der Waals surface area contributed by atoms with Crippen LogP contribution >= 0.6 is 0 Å². The molecule has 0 spiro atoms. The molecular weight excluding hydrogens is 196 g/mol. The molecule has 0 aromatic heterocycles.